The molecule has 0 aliphatic carbocycles. The summed E-state index contributed by atoms with van der Waals surface area (Å²) in [5.41, 5.74) is 6.34. The summed E-state index contributed by atoms with van der Waals surface area (Å²) >= 11 is 0. The van der Waals surface area contributed by atoms with Crippen LogP contribution in [0.5, 0.6) is 11.5 Å². The lowest BCUT2D eigenvalue weighted by molar-refractivity contribution is -0.122. The van der Waals surface area contributed by atoms with Crippen LogP contribution >= 0.6 is 12.4 Å². The summed E-state index contributed by atoms with van der Waals surface area (Å²) in [5, 5.41) is 2.73. The zero-order chi connectivity index (χ0) is 11.5. The first-order chi connectivity index (χ1) is 7.68. The van der Waals surface area contributed by atoms with Gasteiger partial charge in [0.15, 0.2) is 11.5 Å². The van der Waals surface area contributed by atoms with Gasteiger partial charge in [-0.2, -0.15) is 0 Å². The molecule has 94 valence electrons. The molecule has 0 spiro atoms. The van der Waals surface area contributed by atoms with Gasteiger partial charge in [0.05, 0.1) is 6.04 Å². The molecule has 0 aromatic heterocycles. The number of hydrogen-bond donors (Lipinski definition) is 2. The van der Waals surface area contributed by atoms with Gasteiger partial charge in [-0.1, -0.05) is 12.1 Å². The maximum Gasteiger partial charge on any atom is 0.236 e. The van der Waals surface area contributed by atoms with Gasteiger partial charge in [0.25, 0.3) is 0 Å². The van der Waals surface area contributed by atoms with Crippen LogP contribution in [0, 0.1) is 0 Å². The third-order valence-corrected chi connectivity index (χ3v) is 2.34. The number of nitrogens with one attached hydrogen (secondary N) is 1. The van der Waals surface area contributed by atoms with Crippen molar-refractivity contribution in [1.82, 2.24) is 5.32 Å². The van der Waals surface area contributed by atoms with Crippen LogP contribution in [-0.4, -0.2) is 18.7 Å². The van der Waals surface area contributed by atoms with Gasteiger partial charge >= 0.3 is 0 Å². The van der Waals surface area contributed by atoms with Crippen LogP contribution < -0.4 is 20.5 Å². The maximum atomic E-state index is 11.3. The number of carbonyl (C=O) groups excluding carboxylic acids is 1. The number of carbonyl (C=O) groups is 1. The number of rotatable bonds is 3. The Labute approximate surface area is 106 Å². The predicted octanol–water partition coefficient (Wildman–Crippen LogP) is 0.800. The van der Waals surface area contributed by atoms with Crippen molar-refractivity contribution < 1.29 is 14.3 Å². The summed E-state index contributed by atoms with van der Waals surface area (Å²) in [7, 11) is 0. The summed E-state index contributed by atoms with van der Waals surface area (Å²) in [6, 6.07) is 5.07. The number of halogens is 1. The van der Waals surface area contributed by atoms with E-state index in [4.69, 9.17) is 15.2 Å². The molecule has 0 saturated heterocycles. The Morgan fingerprint density at radius 2 is 2.29 bits per heavy atom. The molecule has 0 bridgehead atoms. The summed E-state index contributed by atoms with van der Waals surface area (Å²) in [6.45, 7) is 2.27. The fraction of sp³-hybridized carbons (Fsp3) is 0.364. The molecule has 1 amide bonds. The summed E-state index contributed by atoms with van der Waals surface area (Å²) in [6.07, 6.45) is 0. The third-order valence-electron chi connectivity index (χ3n) is 2.34. The Morgan fingerprint density at radius 3 is 3.00 bits per heavy atom. The van der Waals surface area contributed by atoms with E-state index in [1.54, 1.807) is 6.92 Å². The predicted molar refractivity (Wildman–Crippen MR) is 65.3 cm³/mol. The van der Waals surface area contributed by atoms with Crippen LogP contribution in [0.15, 0.2) is 18.2 Å². The SMILES string of the molecule is C[C@H](N)C(=O)NCc1cccc2c1OCO2.Cl. The zero-order valence-electron chi connectivity index (χ0n) is 9.43. The Balaban J connectivity index is 0.00000144. The average molecular weight is 259 g/mol. The van der Waals surface area contributed by atoms with Crippen LogP contribution in [0.3, 0.4) is 0 Å². The van der Waals surface area contributed by atoms with E-state index in [2.05, 4.69) is 5.32 Å². The van der Waals surface area contributed by atoms with E-state index in [9.17, 15) is 4.79 Å². The van der Waals surface area contributed by atoms with Gasteiger partial charge in [-0.05, 0) is 13.0 Å². The average Bonchev–Trinajstić information content (AvgIpc) is 2.73. The summed E-state index contributed by atoms with van der Waals surface area (Å²) < 4.78 is 10.6. The molecule has 17 heavy (non-hydrogen) atoms. The van der Waals surface area contributed by atoms with Crippen LogP contribution in [0.1, 0.15) is 12.5 Å². The number of amides is 1. The highest BCUT2D eigenvalue weighted by Gasteiger charge is 2.17. The Kier molecular flexibility index (Phi) is 4.60. The van der Waals surface area contributed by atoms with Gasteiger partial charge in [-0.3, -0.25) is 4.79 Å². The first-order valence-corrected chi connectivity index (χ1v) is 5.09. The second-order valence-corrected chi connectivity index (χ2v) is 3.66. The van der Waals surface area contributed by atoms with Gasteiger partial charge in [0.1, 0.15) is 0 Å². The van der Waals surface area contributed by atoms with E-state index in [0.29, 0.717) is 18.0 Å². The number of para-hydroxylation sites is 1. The highest BCUT2D eigenvalue weighted by Crippen LogP contribution is 2.35. The molecule has 0 fully saturated rings. The summed E-state index contributed by atoms with van der Waals surface area (Å²) in [5.74, 6) is 1.23. The molecule has 0 radical (unpaired) electrons. The van der Waals surface area contributed by atoms with Gasteiger partial charge in [0, 0.05) is 12.1 Å². The van der Waals surface area contributed by atoms with Crippen molar-refractivity contribution in [1.29, 1.82) is 0 Å². The van der Waals surface area contributed by atoms with Crippen LogP contribution in [0.2, 0.25) is 0 Å². The van der Waals surface area contributed by atoms with E-state index in [1.165, 1.54) is 0 Å². The quantitative estimate of drug-likeness (QED) is 0.841. The lowest BCUT2D eigenvalue weighted by Crippen LogP contribution is -2.37. The van der Waals surface area contributed by atoms with Crippen molar-refractivity contribution in [3.63, 3.8) is 0 Å². The third kappa shape index (κ3) is 3.01. The van der Waals surface area contributed by atoms with E-state index < -0.39 is 6.04 Å². The normalized spacial score (nSPS) is 13.8. The van der Waals surface area contributed by atoms with Crippen LogP contribution in [0.4, 0.5) is 0 Å². The zero-order valence-corrected chi connectivity index (χ0v) is 10.3. The maximum absolute atomic E-state index is 11.3. The van der Waals surface area contributed by atoms with Gasteiger partial charge in [-0.15, -0.1) is 12.4 Å². The minimum Gasteiger partial charge on any atom is -0.454 e. The van der Waals surface area contributed by atoms with Crippen LogP contribution in [0.25, 0.3) is 0 Å². The lowest BCUT2D eigenvalue weighted by Gasteiger charge is -2.09. The lowest BCUT2D eigenvalue weighted by atomic mass is 10.2. The second-order valence-electron chi connectivity index (χ2n) is 3.66. The van der Waals surface area contributed by atoms with E-state index in [1.807, 2.05) is 18.2 Å². The molecular weight excluding hydrogens is 244 g/mol. The van der Waals surface area contributed by atoms with Crippen molar-refractivity contribution in [3.8, 4) is 11.5 Å². The number of hydrogen-bond acceptors (Lipinski definition) is 4. The smallest absolute Gasteiger partial charge is 0.236 e. The number of ether oxygens (including phenoxy) is 2. The minimum atomic E-state index is -0.506. The van der Waals surface area contributed by atoms with Gasteiger partial charge in [-0.25, -0.2) is 0 Å². The van der Waals surface area contributed by atoms with Crippen molar-refractivity contribution in [2.24, 2.45) is 5.73 Å². The van der Waals surface area contributed by atoms with Crippen LogP contribution in [-0.2, 0) is 11.3 Å². The molecule has 2 rings (SSSR count). The molecule has 1 aromatic rings. The summed E-state index contributed by atoms with van der Waals surface area (Å²) in [4.78, 5) is 11.3. The largest absolute Gasteiger partial charge is 0.454 e. The molecule has 1 atom stereocenters. The molecule has 1 heterocycles. The number of fused-ring (bicyclic) bond motifs is 1. The van der Waals surface area contributed by atoms with E-state index in [-0.39, 0.29) is 25.1 Å². The van der Waals surface area contributed by atoms with Crippen molar-refractivity contribution >= 4 is 18.3 Å². The molecule has 3 N–H and O–H groups in total. The van der Waals surface area contributed by atoms with E-state index in [0.717, 1.165) is 5.56 Å². The highest BCUT2D eigenvalue weighted by atomic mass is 35.5. The fourth-order valence-corrected chi connectivity index (χ4v) is 1.47. The number of nitrogens with two attached hydrogens (primary N) is 1. The van der Waals surface area contributed by atoms with Crippen molar-refractivity contribution in [2.45, 2.75) is 19.5 Å². The Morgan fingerprint density at radius 1 is 1.53 bits per heavy atom. The second kappa shape index (κ2) is 5.75. The molecule has 5 nitrogen and oxygen atoms in total. The Bertz CT molecular complexity index is 410. The van der Waals surface area contributed by atoms with Gasteiger partial charge < -0.3 is 20.5 Å². The minimum absolute atomic E-state index is 0. The molecule has 6 heteroatoms. The fourth-order valence-electron chi connectivity index (χ4n) is 1.47. The van der Waals surface area contributed by atoms with Crippen molar-refractivity contribution in [3.05, 3.63) is 23.8 Å². The molecule has 0 unspecified atom stereocenters. The topological polar surface area (TPSA) is 73.6 Å². The molecule has 1 aliphatic rings. The molecule has 1 aliphatic heterocycles. The first kappa shape index (κ1) is 13.6. The van der Waals surface area contributed by atoms with Gasteiger partial charge in [0.2, 0.25) is 12.7 Å². The number of benzene rings is 1. The standard InChI is InChI=1S/C11H14N2O3.ClH/c1-7(12)11(14)13-5-8-3-2-4-9-10(8)16-6-15-9;/h2-4,7H,5-6,12H2,1H3,(H,13,14);1H/t7-;/m0./s1. The Hall–Kier alpha value is -1.46. The molecule has 0 saturated carbocycles. The first-order valence-electron chi connectivity index (χ1n) is 5.09. The van der Waals surface area contributed by atoms with Crippen molar-refractivity contribution in [2.75, 3.05) is 6.79 Å². The monoisotopic (exact) mass is 258 g/mol. The van der Waals surface area contributed by atoms with E-state index >= 15 is 0 Å². The molecular formula is C11H15ClN2O3. The molecule has 1 aromatic carbocycles. The highest BCUT2D eigenvalue weighted by molar-refractivity contribution is 5.85.